The van der Waals surface area contributed by atoms with Crippen LogP contribution in [0.5, 0.6) is 11.5 Å². The maximum absolute atomic E-state index is 10.7. The van der Waals surface area contributed by atoms with Crippen molar-refractivity contribution in [3.63, 3.8) is 0 Å². The van der Waals surface area contributed by atoms with Crippen LogP contribution in [-0.4, -0.2) is 30.3 Å². The predicted octanol–water partition coefficient (Wildman–Crippen LogP) is 1.44. The van der Waals surface area contributed by atoms with Crippen molar-refractivity contribution in [2.45, 2.75) is 32.4 Å². The SMILES string of the molecule is COc1cc(CC(N)C(=O)O)ccc1OC(C)C. The summed E-state index contributed by atoms with van der Waals surface area (Å²) in [5.41, 5.74) is 6.29. The maximum atomic E-state index is 10.7. The Morgan fingerprint density at radius 3 is 2.56 bits per heavy atom. The zero-order valence-electron chi connectivity index (χ0n) is 10.8. The summed E-state index contributed by atoms with van der Waals surface area (Å²) < 4.78 is 10.8. The van der Waals surface area contributed by atoms with Gasteiger partial charge in [-0.1, -0.05) is 6.07 Å². The van der Waals surface area contributed by atoms with Crippen molar-refractivity contribution >= 4 is 5.97 Å². The van der Waals surface area contributed by atoms with Crippen molar-refractivity contribution in [2.75, 3.05) is 7.11 Å². The third kappa shape index (κ3) is 3.92. The van der Waals surface area contributed by atoms with E-state index in [2.05, 4.69) is 0 Å². The van der Waals surface area contributed by atoms with Gasteiger partial charge in [-0.2, -0.15) is 0 Å². The highest BCUT2D eigenvalue weighted by Gasteiger charge is 2.14. The summed E-state index contributed by atoms with van der Waals surface area (Å²) >= 11 is 0. The molecule has 0 aliphatic rings. The third-order valence-corrected chi connectivity index (χ3v) is 2.36. The van der Waals surface area contributed by atoms with Crippen molar-refractivity contribution in [2.24, 2.45) is 5.73 Å². The van der Waals surface area contributed by atoms with Gasteiger partial charge in [-0.15, -0.1) is 0 Å². The number of benzene rings is 1. The highest BCUT2D eigenvalue weighted by atomic mass is 16.5. The average molecular weight is 253 g/mol. The van der Waals surface area contributed by atoms with Gasteiger partial charge in [0.05, 0.1) is 13.2 Å². The van der Waals surface area contributed by atoms with Gasteiger partial charge >= 0.3 is 5.97 Å². The summed E-state index contributed by atoms with van der Waals surface area (Å²) in [6.45, 7) is 3.85. The predicted molar refractivity (Wildman–Crippen MR) is 68.1 cm³/mol. The molecule has 100 valence electrons. The second-order valence-corrected chi connectivity index (χ2v) is 4.30. The van der Waals surface area contributed by atoms with Gasteiger partial charge in [0.15, 0.2) is 11.5 Å². The van der Waals surface area contributed by atoms with Crippen LogP contribution in [-0.2, 0) is 11.2 Å². The fourth-order valence-corrected chi connectivity index (χ4v) is 1.53. The molecule has 1 unspecified atom stereocenters. The van der Waals surface area contributed by atoms with Crippen LogP contribution in [0.15, 0.2) is 18.2 Å². The topological polar surface area (TPSA) is 81.8 Å². The van der Waals surface area contributed by atoms with Crippen molar-refractivity contribution < 1.29 is 19.4 Å². The molecule has 0 bridgehead atoms. The van der Waals surface area contributed by atoms with Gasteiger partial charge in [-0.05, 0) is 38.0 Å². The molecule has 5 heteroatoms. The Labute approximate surface area is 107 Å². The smallest absolute Gasteiger partial charge is 0.320 e. The largest absolute Gasteiger partial charge is 0.493 e. The summed E-state index contributed by atoms with van der Waals surface area (Å²) in [6, 6.07) is 4.40. The van der Waals surface area contributed by atoms with Crippen LogP contribution in [0.1, 0.15) is 19.4 Å². The Balaban J connectivity index is 2.87. The molecule has 1 rings (SSSR count). The molecule has 0 aliphatic heterocycles. The molecule has 1 aromatic rings. The standard InChI is InChI=1S/C13H19NO4/c1-8(2)18-11-5-4-9(7-12(11)17-3)6-10(14)13(15)16/h4-5,7-8,10H,6,14H2,1-3H3,(H,15,16). The average Bonchev–Trinajstić information content (AvgIpc) is 2.30. The third-order valence-electron chi connectivity index (χ3n) is 2.36. The molecule has 0 fully saturated rings. The summed E-state index contributed by atoms with van der Waals surface area (Å²) in [5, 5.41) is 8.76. The van der Waals surface area contributed by atoms with Crippen molar-refractivity contribution in [3.05, 3.63) is 23.8 Å². The zero-order chi connectivity index (χ0) is 13.7. The van der Waals surface area contributed by atoms with E-state index in [-0.39, 0.29) is 12.5 Å². The Hall–Kier alpha value is -1.75. The number of ether oxygens (including phenoxy) is 2. The number of carboxylic acid groups (broad SMARTS) is 1. The van der Waals surface area contributed by atoms with E-state index >= 15 is 0 Å². The number of rotatable bonds is 6. The molecule has 0 saturated carbocycles. The van der Waals surface area contributed by atoms with Crippen LogP contribution < -0.4 is 15.2 Å². The van der Waals surface area contributed by atoms with E-state index in [4.69, 9.17) is 20.3 Å². The van der Waals surface area contributed by atoms with Gasteiger partial charge in [-0.3, -0.25) is 4.79 Å². The monoisotopic (exact) mass is 253 g/mol. The lowest BCUT2D eigenvalue weighted by molar-refractivity contribution is -0.138. The van der Waals surface area contributed by atoms with E-state index in [1.54, 1.807) is 25.3 Å². The van der Waals surface area contributed by atoms with Gasteiger partial charge < -0.3 is 20.3 Å². The molecule has 1 aromatic carbocycles. The van der Waals surface area contributed by atoms with Gasteiger partial charge in [0, 0.05) is 0 Å². The van der Waals surface area contributed by atoms with E-state index in [1.165, 1.54) is 0 Å². The van der Waals surface area contributed by atoms with Gasteiger partial charge in [-0.25, -0.2) is 0 Å². The molecular weight excluding hydrogens is 234 g/mol. The number of carboxylic acids is 1. The van der Waals surface area contributed by atoms with E-state index in [0.717, 1.165) is 5.56 Å². The van der Waals surface area contributed by atoms with Crippen LogP contribution in [0.4, 0.5) is 0 Å². The summed E-state index contributed by atoms with van der Waals surface area (Å²) in [5.74, 6) is 0.204. The quantitative estimate of drug-likeness (QED) is 0.801. The Morgan fingerprint density at radius 1 is 1.39 bits per heavy atom. The van der Waals surface area contributed by atoms with Crippen molar-refractivity contribution in [3.8, 4) is 11.5 Å². The molecule has 0 saturated heterocycles. The van der Waals surface area contributed by atoms with E-state index < -0.39 is 12.0 Å². The first-order chi connectivity index (χ1) is 8.43. The number of aliphatic carboxylic acids is 1. The number of hydrogen-bond acceptors (Lipinski definition) is 4. The van der Waals surface area contributed by atoms with Crippen LogP contribution in [0.2, 0.25) is 0 Å². The Kier molecular flexibility index (Phi) is 4.97. The molecule has 0 radical (unpaired) electrons. The molecule has 0 aromatic heterocycles. The highest BCUT2D eigenvalue weighted by Crippen LogP contribution is 2.29. The number of carbonyl (C=O) groups is 1. The minimum absolute atomic E-state index is 0.0472. The molecule has 1 atom stereocenters. The van der Waals surface area contributed by atoms with Gasteiger partial charge in [0.25, 0.3) is 0 Å². The lowest BCUT2D eigenvalue weighted by atomic mass is 10.1. The summed E-state index contributed by atoms with van der Waals surface area (Å²) in [4.78, 5) is 10.7. The minimum atomic E-state index is -1.02. The highest BCUT2D eigenvalue weighted by molar-refractivity contribution is 5.73. The normalized spacial score (nSPS) is 12.3. The number of nitrogens with two attached hydrogens (primary N) is 1. The van der Waals surface area contributed by atoms with Gasteiger partial charge in [0.2, 0.25) is 0 Å². The lowest BCUT2D eigenvalue weighted by Gasteiger charge is -2.15. The van der Waals surface area contributed by atoms with Crippen LogP contribution in [0, 0.1) is 0 Å². The first kappa shape index (κ1) is 14.3. The molecular formula is C13H19NO4. The molecule has 3 N–H and O–H groups in total. The molecule has 5 nitrogen and oxygen atoms in total. The van der Waals surface area contributed by atoms with Crippen LogP contribution in [0.25, 0.3) is 0 Å². The van der Waals surface area contributed by atoms with Crippen LogP contribution in [0.3, 0.4) is 0 Å². The summed E-state index contributed by atoms with van der Waals surface area (Å²) in [6.07, 6.45) is 0.305. The van der Waals surface area contributed by atoms with Crippen molar-refractivity contribution in [1.82, 2.24) is 0 Å². The molecule has 18 heavy (non-hydrogen) atoms. The van der Waals surface area contributed by atoms with E-state index in [1.807, 2.05) is 13.8 Å². The number of hydrogen-bond donors (Lipinski definition) is 2. The van der Waals surface area contributed by atoms with Crippen LogP contribution >= 0.6 is 0 Å². The molecule has 0 heterocycles. The minimum Gasteiger partial charge on any atom is -0.493 e. The van der Waals surface area contributed by atoms with Gasteiger partial charge in [0.1, 0.15) is 6.04 Å². The second-order valence-electron chi connectivity index (χ2n) is 4.30. The van der Waals surface area contributed by atoms with E-state index in [9.17, 15) is 4.79 Å². The maximum Gasteiger partial charge on any atom is 0.320 e. The first-order valence-electron chi connectivity index (χ1n) is 5.76. The summed E-state index contributed by atoms with van der Waals surface area (Å²) in [7, 11) is 1.55. The second kappa shape index (κ2) is 6.26. The first-order valence-corrected chi connectivity index (χ1v) is 5.76. The number of methoxy groups -OCH3 is 1. The lowest BCUT2D eigenvalue weighted by Crippen LogP contribution is -2.32. The van der Waals surface area contributed by atoms with E-state index in [0.29, 0.717) is 11.5 Å². The molecule has 0 amide bonds. The molecule has 0 aliphatic carbocycles. The fraction of sp³-hybridized carbons (Fsp3) is 0.462. The fourth-order valence-electron chi connectivity index (χ4n) is 1.53. The Morgan fingerprint density at radius 2 is 2.06 bits per heavy atom. The van der Waals surface area contributed by atoms with Crippen molar-refractivity contribution in [1.29, 1.82) is 0 Å². The zero-order valence-corrected chi connectivity index (χ0v) is 10.8. The molecule has 0 spiro atoms. The Bertz CT molecular complexity index is 417.